The van der Waals surface area contributed by atoms with Crippen LogP contribution in [0.15, 0.2) is 24.3 Å². The fourth-order valence-electron chi connectivity index (χ4n) is 1.20. The van der Waals surface area contributed by atoms with Gasteiger partial charge in [0.05, 0.1) is 12.2 Å². The van der Waals surface area contributed by atoms with Gasteiger partial charge in [0.25, 0.3) is 0 Å². The van der Waals surface area contributed by atoms with Gasteiger partial charge in [0.2, 0.25) is 0 Å². The van der Waals surface area contributed by atoms with Gasteiger partial charge >= 0.3 is 5.97 Å². The predicted octanol–water partition coefficient (Wildman–Crippen LogP) is 1.80. The van der Waals surface area contributed by atoms with Crippen LogP contribution in [0.4, 0.5) is 0 Å². The quantitative estimate of drug-likeness (QED) is 0.805. The lowest BCUT2D eigenvalue weighted by Crippen LogP contribution is -2.18. The average Bonchev–Trinajstić information content (AvgIpc) is 2.18. The summed E-state index contributed by atoms with van der Waals surface area (Å²) in [4.78, 5) is 10.7. The minimum atomic E-state index is -0.958. The van der Waals surface area contributed by atoms with Gasteiger partial charge in [-0.25, -0.2) is 4.79 Å². The van der Waals surface area contributed by atoms with Gasteiger partial charge < -0.3 is 14.6 Å². The van der Waals surface area contributed by atoms with Crippen LogP contribution in [0.3, 0.4) is 0 Å². The first-order chi connectivity index (χ1) is 7.13. The fraction of sp³-hybridized carbons (Fsp3) is 0.364. The van der Waals surface area contributed by atoms with Crippen molar-refractivity contribution in [1.82, 2.24) is 0 Å². The van der Waals surface area contributed by atoms with Crippen LogP contribution in [0, 0.1) is 0 Å². The van der Waals surface area contributed by atoms with Crippen molar-refractivity contribution < 1.29 is 19.4 Å². The van der Waals surface area contributed by atoms with E-state index in [0.717, 1.165) is 0 Å². The van der Waals surface area contributed by atoms with Crippen LogP contribution in [0.5, 0.6) is 5.75 Å². The summed E-state index contributed by atoms with van der Waals surface area (Å²) in [6.45, 7) is 2.33. The largest absolute Gasteiger partial charge is 0.488 e. The van der Waals surface area contributed by atoms with Crippen molar-refractivity contribution >= 4 is 5.97 Å². The standard InChI is InChI=1S/C11H14O4/c1-8(7-14-2)15-10-5-3-4-9(6-10)11(12)13/h3-6,8H,7H2,1-2H3,(H,12,13). The highest BCUT2D eigenvalue weighted by Gasteiger charge is 2.06. The van der Waals surface area contributed by atoms with Gasteiger partial charge in [-0.2, -0.15) is 0 Å². The first-order valence-corrected chi connectivity index (χ1v) is 4.62. The third-order valence-corrected chi connectivity index (χ3v) is 1.82. The number of hydrogen-bond donors (Lipinski definition) is 1. The lowest BCUT2D eigenvalue weighted by molar-refractivity contribution is 0.0694. The molecule has 1 unspecified atom stereocenters. The minimum Gasteiger partial charge on any atom is -0.488 e. The number of carboxylic acids is 1. The molecule has 0 amide bonds. The molecule has 1 aromatic carbocycles. The second kappa shape index (κ2) is 5.36. The minimum absolute atomic E-state index is 0.0981. The molecule has 0 aliphatic heterocycles. The van der Waals surface area contributed by atoms with E-state index < -0.39 is 5.97 Å². The summed E-state index contributed by atoms with van der Waals surface area (Å²) in [5, 5.41) is 8.77. The lowest BCUT2D eigenvalue weighted by Gasteiger charge is -2.13. The maximum Gasteiger partial charge on any atom is 0.335 e. The molecule has 0 spiro atoms. The number of carbonyl (C=O) groups is 1. The maximum absolute atomic E-state index is 10.7. The van der Waals surface area contributed by atoms with Crippen LogP contribution < -0.4 is 4.74 Å². The highest BCUT2D eigenvalue weighted by molar-refractivity contribution is 5.87. The molecular formula is C11H14O4. The molecule has 1 rings (SSSR count). The molecule has 15 heavy (non-hydrogen) atoms. The van der Waals surface area contributed by atoms with E-state index in [-0.39, 0.29) is 11.7 Å². The molecule has 0 bridgehead atoms. The van der Waals surface area contributed by atoms with E-state index in [9.17, 15) is 4.79 Å². The number of hydrogen-bond acceptors (Lipinski definition) is 3. The topological polar surface area (TPSA) is 55.8 Å². The fourth-order valence-corrected chi connectivity index (χ4v) is 1.20. The lowest BCUT2D eigenvalue weighted by atomic mass is 10.2. The molecule has 0 fully saturated rings. The third-order valence-electron chi connectivity index (χ3n) is 1.82. The van der Waals surface area contributed by atoms with E-state index in [1.807, 2.05) is 6.92 Å². The Kier molecular flexibility index (Phi) is 4.12. The molecule has 4 heteroatoms. The van der Waals surface area contributed by atoms with Crippen molar-refractivity contribution in [3.05, 3.63) is 29.8 Å². The zero-order chi connectivity index (χ0) is 11.3. The number of aromatic carboxylic acids is 1. The maximum atomic E-state index is 10.7. The van der Waals surface area contributed by atoms with Crippen LogP contribution >= 0.6 is 0 Å². The van der Waals surface area contributed by atoms with E-state index in [0.29, 0.717) is 12.4 Å². The molecular weight excluding hydrogens is 196 g/mol. The second-order valence-corrected chi connectivity index (χ2v) is 3.22. The molecule has 0 aliphatic rings. The Morgan fingerprint density at radius 2 is 2.27 bits per heavy atom. The molecule has 0 saturated carbocycles. The van der Waals surface area contributed by atoms with E-state index in [1.165, 1.54) is 12.1 Å². The van der Waals surface area contributed by atoms with Gasteiger partial charge in [-0.05, 0) is 25.1 Å². The zero-order valence-corrected chi connectivity index (χ0v) is 8.77. The van der Waals surface area contributed by atoms with E-state index in [1.54, 1.807) is 19.2 Å². The number of ether oxygens (including phenoxy) is 2. The number of carboxylic acid groups (broad SMARTS) is 1. The van der Waals surface area contributed by atoms with Crippen LogP contribution in [-0.4, -0.2) is 30.9 Å². The average molecular weight is 210 g/mol. The Labute approximate surface area is 88.4 Å². The summed E-state index contributed by atoms with van der Waals surface area (Å²) in [5.74, 6) is -0.417. The summed E-state index contributed by atoms with van der Waals surface area (Å²) >= 11 is 0. The summed E-state index contributed by atoms with van der Waals surface area (Å²) in [6.07, 6.45) is -0.0981. The molecule has 0 radical (unpaired) electrons. The molecule has 0 aromatic heterocycles. The Hall–Kier alpha value is -1.55. The molecule has 0 heterocycles. The van der Waals surface area contributed by atoms with Gasteiger partial charge in [0, 0.05) is 7.11 Å². The van der Waals surface area contributed by atoms with Gasteiger partial charge in [0.15, 0.2) is 0 Å². The van der Waals surface area contributed by atoms with Gasteiger partial charge in [0.1, 0.15) is 11.9 Å². The normalized spacial score (nSPS) is 12.1. The summed E-state index contributed by atoms with van der Waals surface area (Å²) in [6, 6.07) is 6.39. The predicted molar refractivity (Wildman–Crippen MR) is 55.4 cm³/mol. The highest BCUT2D eigenvalue weighted by Crippen LogP contribution is 2.14. The number of methoxy groups -OCH3 is 1. The van der Waals surface area contributed by atoms with Crippen molar-refractivity contribution in [2.75, 3.05) is 13.7 Å². The highest BCUT2D eigenvalue weighted by atomic mass is 16.5. The second-order valence-electron chi connectivity index (χ2n) is 3.22. The van der Waals surface area contributed by atoms with Crippen molar-refractivity contribution in [2.24, 2.45) is 0 Å². The van der Waals surface area contributed by atoms with Crippen molar-refractivity contribution in [3.63, 3.8) is 0 Å². The van der Waals surface area contributed by atoms with Gasteiger partial charge in [-0.15, -0.1) is 0 Å². The first kappa shape index (κ1) is 11.5. The smallest absolute Gasteiger partial charge is 0.335 e. The summed E-state index contributed by atoms with van der Waals surface area (Å²) in [5.41, 5.74) is 0.220. The molecule has 0 saturated heterocycles. The summed E-state index contributed by atoms with van der Waals surface area (Å²) in [7, 11) is 1.59. The number of benzene rings is 1. The number of rotatable bonds is 5. The molecule has 0 aliphatic carbocycles. The Balaban J connectivity index is 2.69. The van der Waals surface area contributed by atoms with Gasteiger partial charge in [-0.1, -0.05) is 6.07 Å². The summed E-state index contributed by atoms with van der Waals surface area (Å²) < 4.78 is 10.4. The molecule has 1 aromatic rings. The van der Waals surface area contributed by atoms with Crippen LogP contribution in [-0.2, 0) is 4.74 Å². The van der Waals surface area contributed by atoms with E-state index in [2.05, 4.69) is 0 Å². The monoisotopic (exact) mass is 210 g/mol. The first-order valence-electron chi connectivity index (χ1n) is 4.62. The van der Waals surface area contributed by atoms with Crippen molar-refractivity contribution in [1.29, 1.82) is 0 Å². The Morgan fingerprint density at radius 1 is 1.53 bits per heavy atom. The Bertz CT molecular complexity index is 335. The SMILES string of the molecule is COCC(C)Oc1cccc(C(=O)O)c1. The van der Waals surface area contributed by atoms with E-state index in [4.69, 9.17) is 14.6 Å². The molecule has 1 atom stereocenters. The third kappa shape index (κ3) is 3.59. The molecule has 1 N–H and O–H groups in total. The van der Waals surface area contributed by atoms with Crippen LogP contribution in [0.25, 0.3) is 0 Å². The van der Waals surface area contributed by atoms with E-state index >= 15 is 0 Å². The Morgan fingerprint density at radius 3 is 2.87 bits per heavy atom. The van der Waals surface area contributed by atoms with Gasteiger partial charge in [-0.3, -0.25) is 0 Å². The van der Waals surface area contributed by atoms with Crippen LogP contribution in [0.2, 0.25) is 0 Å². The van der Waals surface area contributed by atoms with Crippen LogP contribution in [0.1, 0.15) is 17.3 Å². The van der Waals surface area contributed by atoms with Crippen molar-refractivity contribution in [3.8, 4) is 5.75 Å². The zero-order valence-electron chi connectivity index (χ0n) is 8.77. The molecule has 4 nitrogen and oxygen atoms in total. The molecule has 82 valence electrons. The van der Waals surface area contributed by atoms with Crippen molar-refractivity contribution in [2.45, 2.75) is 13.0 Å².